The Morgan fingerprint density at radius 1 is 1.06 bits per heavy atom. The topological polar surface area (TPSA) is 119 Å². The summed E-state index contributed by atoms with van der Waals surface area (Å²) in [5, 5.41) is 9.67. The fraction of sp³-hybridized carbons (Fsp3) is 0.400. The molecule has 8 heteroatoms. The van der Waals surface area contributed by atoms with Gasteiger partial charge in [-0.25, -0.2) is 9.59 Å². The molecule has 3 N–H and O–H groups in total. The van der Waals surface area contributed by atoms with Gasteiger partial charge in [-0.15, -0.1) is 0 Å². The Morgan fingerprint density at radius 2 is 1.61 bits per heavy atom. The van der Waals surface area contributed by atoms with Crippen LogP contribution in [0.15, 0.2) is 48.5 Å². The molecule has 1 amide bonds. The molecule has 2 aromatic carbocycles. The number of amides is 1. The molecule has 3 atom stereocenters. The fourth-order valence-electron chi connectivity index (χ4n) is 4.57. The molecule has 0 saturated carbocycles. The average molecular weight is 453 g/mol. The summed E-state index contributed by atoms with van der Waals surface area (Å²) in [4.78, 5) is 38.0. The number of hydrogen-bond donors (Lipinski definition) is 2. The van der Waals surface area contributed by atoms with E-state index in [-0.39, 0.29) is 19.1 Å². The molecule has 0 bridgehead atoms. The Labute approximate surface area is 192 Å². The van der Waals surface area contributed by atoms with Gasteiger partial charge in [-0.3, -0.25) is 9.69 Å². The molecule has 3 unspecified atom stereocenters. The molecule has 1 aliphatic heterocycles. The van der Waals surface area contributed by atoms with Crippen LogP contribution in [0, 0.1) is 5.92 Å². The number of likely N-dealkylation sites (tertiary alicyclic amines) is 1. The van der Waals surface area contributed by atoms with E-state index < -0.39 is 41.6 Å². The Kier molecular flexibility index (Phi) is 5.88. The third-order valence-electron chi connectivity index (χ3n) is 6.11. The van der Waals surface area contributed by atoms with Gasteiger partial charge in [0.1, 0.15) is 24.3 Å². The van der Waals surface area contributed by atoms with Gasteiger partial charge >= 0.3 is 18.0 Å². The standard InChI is InChI=1S/C25H28N2O6/c1-25(2,3)33-23(30)20(26)18-12-27(21(18)22(28)29)24(31)32-13-19-16-10-6-4-8-14(16)15-9-5-7-11-17(15)19/h4-11,18-21H,12-13,26H2,1-3H3,(H,28,29). The van der Waals surface area contributed by atoms with Crippen molar-refractivity contribution in [2.24, 2.45) is 11.7 Å². The monoisotopic (exact) mass is 452 g/mol. The number of aliphatic carboxylic acids is 1. The second-order valence-electron chi connectivity index (χ2n) is 9.46. The van der Waals surface area contributed by atoms with Crippen molar-refractivity contribution >= 4 is 18.0 Å². The van der Waals surface area contributed by atoms with Crippen LogP contribution in [0.4, 0.5) is 4.79 Å². The number of carboxylic acid groups (broad SMARTS) is 1. The van der Waals surface area contributed by atoms with Crippen molar-refractivity contribution in [3.8, 4) is 11.1 Å². The summed E-state index contributed by atoms with van der Waals surface area (Å²) in [7, 11) is 0. The smallest absolute Gasteiger partial charge is 0.410 e. The van der Waals surface area contributed by atoms with E-state index >= 15 is 0 Å². The van der Waals surface area contributed by atoms with Crippen molar-refractivity contribution in [3.05, 3.63) is 59.7 Å². The van der Waals surface area contributed by atoms with Crippen molar-refractivity contribution in [2.45, 2.75) is 44.4 Å². The SMILES string of the molecule is CC(C)(C)OC(=O)C(N)C1CN(C(=O)OCC2c3ccccc3-c3ccccc32)C1C(=O)O. The van der Waals surface area contributed by atoms with Gasteiger partial charge in [-0.05, 0) is 43.0 Å². The zero-order valence-corrected chi connectivity index (χ0v) is 18.9. The summed E-state index contributed by atoms with van der Waals surface area (Å²) in [6.45, 7) is 5.20. The van der Waals surface area contributed by atoms with E-state index in [4.69, 9.17) is 15.2 Å². The molecule has 1 saturated heterocycles. The number of carboxylic acids is 1. The highest BCUT2D eigenvalue weighted by Gasteiger charge is 2.52. The van der Waals surface area contributed by atoms with Crippen LogP contribution < -0.4 is 5.73 Å². The molecule has 0 radical (unpaired) electrons. The van der Waals surface area contributed by atoms with E-state index in [1.165, 1.54) is 0 Å². The van der Waals surface area contributed by atoms with Gasteiger partial charge in [0.25, 0.3) is 0 Å². The van der Waals surface area contributed by atoms with Crippen LogP contribution in [0.2, 0.25) is 0 Å². The first-order valence-corrected chi connectivity index (χ1v) is 10.9. The average Bonchev–Trinajstić information content (AvgIpc) is 3.03. The molecule has 174 valence electrons. The second-order valence-corrected chi connectivity index (χ2v) is 9.46. The van der Waals surface area contributed by atoms with Crippen LogP contribution in [-0.2, 0) is 19.1 Å². The lowest BCUT2D eigenvalue weighted by Gasteiger charge is -2.46. The van der Waals surface area contributed by atoms with Crippen molar-refractivity contribution in [2.75, 3.05) is 13.2 Å². The largest absolute Gasteiger partial charge is 0.480 e. The minimum absolute atomic E-state index is 0.00799. The predicted octanol–water partition coefficient (Wildman–Crippen LogP) is 2.99. The Morgan fingerprint density at radius 3 is 2.12 bits per heavy atom. The number of benzene rings is 2. The van der Waals surface area contributed by atoms with Crippen molar-refractivity contribution in [1.82, 2.24) is 4.90 Å². The van der Waals surface area contributed by atoms with Crippen molar-refractivity contribution in [3.63, 3.8) is 0 Å². The lowest BCUT2D eigenvalue weighted by Crippen LogP contribution is -2.68. The van der Waals surface area contributed by atoms with Gasteiger partial charge in [-0.2, -0.15) is 0 Å². The minimum atomic E-state index is -1.25. The number of carbonyl (C=O) groups excluding carboxylic acids is 2. The van der Waals surface area contributed by atoms with Crippen LogP contribution in [0.3, 0.4) is 0 Å². The van der Waals surface area contributed by atoms with Gasteiger partial charge in [-0.1, -0.05) is 48.5 Å². The first-order chi connectivity index (χ1) is 15.6. The van der Waals surface area contributed by atoms with Gasteiger partial charge < -0.3 is 20.3 Å². The highest BCUT2D eigenvalue weighted by atomic mass is 16.6. The second kappa shape index (κ2) is 8.51. The molecule has 2 aliphatic rings. The molecule has 4 rings (SSSR count). The first-order valence-electron chi connectivity index (χ1n) is 10.9. The van der Waals surface area contributed by atoms with E-state index in [0.717, 1.165) is 27.2 Å². The van der Waals surface area contributed by atoms with Crippen molar-refractivity contribution < 1.29 is 29.0 Å². The van der Waals surface area contributed by atoms with Gasteiger partial charge in [0.05, 0.1) is 0 Å². The molecular formula is C25H28N2O6. The molecule has 1 aliphatic carbocycles. The number of esters is 1. The predicted molar refractivity (Wildman–Crippen MR) is 121 cm³/mol. The summed E-state index contributed by atoms with van der Waals surface area (Å²) in [6.07, 6.45) is -0.739. The summed E-state index contributed by atoms with van der Waals surface area (Å²) in [5.41, 5.74) is 9.57. The highest BCUT2D eigenvalue weighted by Crippen LogP contribution is 2.44. The number of fused-ring (bicyclic) bond motifs is 3. The molecular weight excluding hydrogens is 424 g/mol. The molecule has 33 heavy (non-hydrogen) atoms. The van der Waals surface area contributed by atoms with E-state index in [1.807, 2.05) is 48.5 Å². The van der Waals surface area contributed by atoms with Crippen LogP contribution >= 0.6 is 0 Å². The maximum Gasteiger partial charge on any atom is 0.410 e. The van der Waals surface area contributed by atoms with E-state index in [2.05, 4.69) is 0 Å². The lowest BCUT2D eigenvalue weighted by atomic mass is 9.83. The number of nitrogens with two attached hydrogens (primary N) is 1. The molecule has 8 nitrogen and oxygen atoms in total. The summed E-state index contributed by atoms with van der Waals surface area (Å²) >= 11 is 0. The molecule has 0 aromatic heterocycles. The van der Waals surface area contributed by atoms with E-state index in [0.29, 0.717) is 0 Å². The van der Waals surface area contributed by atoms with Gasteiger partial charge in [0, 0.05) is 18.4 Å². The van der Waals surface area contributed by atoms with Crippen LogP contribution in [-0.4, -0.2) is 58.9 Å². The number of rotatable bonds is 5. The molecule has 0 spiro atoms. The minimum Gasteiger partial charge on any atom is -0.480 e. The summed E-state index contributed by atoms with van der Waals surface area (Å²) in [5.74, 6) is -2.81. The Bertz CT molecular complexity index is 1050. The van der Waals surface area contributed by atoms with Gasteiger partial charge in [0.15, 0.2) is 0 Å². The summed E-state index contributed by atoms with van der Waals surface area (Å²) in [6, 6.07) is 13.5. The zero-order valence-electron chi connectivity index (χ0n) is 18.9. The maximum absolute atomic E-state index is 12.8. The Hall–Kier alpha value is -3.39. The normalized spacial score (nSPS) is 20.3. The lowest BCUT2D eigenvalue weighted by molar-refractivity contribution is -0.165. The third-order valence-corrected chi connectivity index (χ3v) is 6.11. The third kappa shape index (κ3) is 4.30. The number of ether oxygens (including phenoxy) is 2. The van der Waals surface area contributed by atoms with E-state index in [9.17, 15) is 19.5 Å². The number of carbonyl (C=O) groups is 3. The van der Waals surface area contributed by atoms with Crippen LogP contribution in [0.25, 0.3) is 11.1 Å². The molecule has 1 fully saturated rings. The van der Waals surface area contributed by atoms with Crippen molar-refractivity contribution in [1.29, 1.82) is 0 Å². The van der Waals surface area contributed by atoms with Crippen LogP contribution in [0.1, 0.15) is 37.8 Å². The highest BCUT2D eigenvalue weighted by molar-refractivity contribution is 5.86. The molecule has 2 aromatic rings. The van der Waals surface area contributed by atoms with Crippen LogP contribution in [0.5, 0.6) is 0 Å². The number of nitrogens with zero attached hydrogens (tertiary/aromatic N) is 1. The number of hydrogen-bond acceptors (Lipinski definition) is 6. The first kappa shape index (κ1) is 22.8. The quantitative estimate of drug-likeness (QED) is 0.669. The zero-order chi connectivity index (χ0) is 23.9. The Balaban J connectivity index is 1.43. The maximum atomic E-state index is 12.8. The van der Waals surface area contributed by atoms with Gasteiger partial charge in [0.2, 0.25) is 0 Å². The summed E-state index contributed by atoms with van der Waals surface area (Å²) < 4.78 is 10.8. The fourth-order valence-corrected chi connectivity index (χ4v) is 4.57. The molecule has 1 heterocycles. The van der Waals surface area contributed by atoms with E-state index in [1.54, 1.807) is 20.8 Å².